The highest BCUT2D eigenvalue weighted by Gasteiger charge is 2.17. The molecule has 0 aliphatic carbocycles. The van der Waals surface area contributed by atoms with E-state index in [0.29, 0.717) is 5.92 Å². The van der Waals surface area contributed by atoms with Gasteiger partial charge in [-0.15, -0.1) is 24.8 Å². The molecule has 0 spiro atoms. The van der Waals surface area contributed by atoms with Gasteiger partial charge in [-0.05, 0) is 37.6 Å². The largest absolute Gasteiger partial charge is 0.378 e. The van der Waals surface area contributed by atoms with Crippen molar-refractivity contribution in [2.75, 3.05) is 32.1 Å². The number of nitrogens with one attached hydrogen (secondary N) is 2. The minimum atomic E-state index is 0. The lowest BCUT2D eigenvalue weighted by Gasteiger charge is -2.21. The summed E-state index contributed by atoms with van der Waals surface area (Å²) < 4.78 is 0. The van der Waals surface area contributed by atoms with E-state index in [2.05, 4.69) is 64.8 Å². The summed E-state index contributed by atoms with van der Waals surface area (Å²) >= 11 is 0. The van der Waals surface area contributed by atoms with Gasteiger partial charge in [0.15, 0.2) is 0 Å². The van der Waals surface area contributed by atoms with Crippen LogP contribution in [0.5, 0.6) is 0 Å². The monoisotopic (exact) mass is 342 g/mol. The zero-order valence-corrected chi connectivity index (χ0v) is 14.6. The lowest BCUT2D eigenvalue weighted by Crippen LogP contribution is -2.28. The molecule has 0 saturated carbocycles. The molecule has 1 fully saturated rings. The Kier molecular flexibility index (Phi) is 7.20. The molecule has 2 aromatic rings. The van der Waals surface area contributed by atoms with Gasteiger partial charge in [-0.1, -0.05) is 12.1 Å². The Morgan fingerprint density at radius 1 is 1.14 bits per heavy atom. The number of H-pyrrole nitrogens is 1. The van der Waals surface area contributed by atoms with Crippen molar-refractivity contribution in [2.45, 2.75) is 18.8 Å². The van der Waals surface area contributed by atoms with Gasteiger partial charge in [0.2, 0.25) is 0 Å². The molecule has 0 amide bonds. The van der Waals surface area contributed by atoms with Crippen molar-refractivity contribution in [1.29, 1.82) is 0 Å². The highest BCUT2D eigenvalue weighted by atomic mass is 35.5. The Hall–Kier alpha value is -1.23. The molecule has 1 aliphatic rings. The zero-order chi connectivity index (χ0) is 13.9. The van der Waals surface area contributed by atoms with E-state index >= 15 is 0 Å². The minimum Gasteiger partial charge on any atom is -0.378 e. The predicted octanol–water partition coefficient (Wildman–Crippen LogP) is 3.45. The molecule has 122 valence electrons. The topological polar surface area (TPSA) is 44.0 Å². The number of halogens is 2. The van der Waals surface area contributed by atoms with E-state index in [4.69, 9.17) is 0 Å². The molecule has 1 atom stereocenters. The Bertz CT molecular complexity index is 560. The first-order valence-electron chi connectivity index (χ1n) is 7.28. The number of hydrogen-bond donors (Lipinski definition) is 2. The third kappa shape index (κ3) is 4.15. The van der Waals surface area contributed by atoms with Gasteiger partial charge in [-0.2, -0.15) is 5.10 Å². The van der Waals surface area contributed by atoms with Crippen LogP contribution in [0.3, 0.4) is 0 Å². The van der Waals surface area contributed by atoms with Crippen LogP contribution in [0.25, 0.3) is 11.3 Å². The molecule has 1 saturated heterocycles. The van der Waals surface area contributed by atoms with Crippen LogP contribution in [0.4, 0.5) is 5.69 Å². The molecule has 2 heterocycles. The average molecular weight is 343 g/mol. The highest BCUT2D eigenvalue weighted by molar-refractivity contribution is 5.85. The normalized spacial score (nSPS) is 17.3. The first-order valence-corrected chi connectivity index (χ1v) is 7.28. The van der Waals surface area contributed by atoms with Gasteiger partial charge in [-0.25, -0.2) is 0 Å². The number of aromatic amines is 1. The number of anilines is 1. The molecule has 0 radical (unpaired) electrons. The zero-order valence-electron chi connectivity index (χ0n) is 13.0. The van der Waals surface area contributed by atoms with E-state index < -0.39 is 0 Å². The summed E-state index contributed by atoms with van der Waals surface area (Å²) in [6.45, 7) is 2.20. The van der Waals surface area contributed by atoms with Gasteiger partial charge in [0.1, 0.15) is 0 Å². The van der Waals surface area contributed by atoms with Crippen molar-refractivity contribution < 1.29 is 0 Å². The molecule has 1 aromatic carbocycles. The summed E-state index contributed by atoms with van der Waals surface area (Å²) in [7, 11) is 4.11. The lowest BCUT2D eigenvalue weighted by molar-refractivity contribution is 0.454. The third-order valence-corrected chi connectivity index (χ3v) is 4.01. The van der Waals surface area contributed by atoms with Crippen molar-refractivity contribution in [2.24, 2.45) is 0 Å². The summed E-state index contributed by atoms with van der Waals surface area (Å²) in [6, 6.07) is 10.7. The van der Waals surface area contributed by atoms with Crippen molar-refractivity contribution >= 4 is 30.5 Å². The van der Waals surface area contributed by atoms with Crippen molar-refractivity contribution in [3.8, 4) is 11.3 Å². The molecule has 0 unspecified atom stereocenters. The Balaban J connectivity index is 0.00000121. The quantitative estimate of drug-likeness (QED) is 0.897. The maximum atomic E-state index is 4.47. The second-order valence-electron chi connectivity index (χ2n) is 5.69. The Labute approximate surface area is 144 Å². The van der Waals surface area contributed by atoms with Crippen LogP contribution in [-0.2, 0) is 0 Å². The second-order valence-corrected chi connectivity index (χ2v) is 5.69. The molecule has 1 aromatic heterocycles. The van der Waals surface area contributed by atoms with E-state index in [1.165, 1.54) is 29.8 Å². The van der Waals surface area contributed by atoms with Crippen LogP contribution in [0.1, 0.15) is 24.5 Å². The first kappa shape index (κ1) is 18.8. The SMILES string of the molecule is CN(C)c1ccc(-c2cc([C@H]3CCCNC3)[nH]n2)cc1.Cl.Cl. The lowest BCUT2D eigenvalue weighted by atomic mass is 9.96. The fourth-order valence-corrected chi connectivity index (χ4v) is 2.74. The molecular weight excluding hydrogens is 319 g/mol. The average Bonchev–Trinajstić information content (AvgIpc) is 2.98. The van der Waals surface area contributed by atoms with E-state index in [1.807, 2.05) is 0 Å². The molecule has 6 heteroatoms. The van der Waals surface area contributed by atoms with Gasteiger partial charge in [-0.3, -0.25) is 5.10 Å². The highest BCUT2D eigenvalue weighted by Crippen LogP contribution is 2.26. The van der Waals surface area contributed by atoms with Crippen molar-refractivity contribution in [3.05, 3.63) is 36.0 Å². The molecular formula is C16H24Cl2N4. The van der Waals surface area contributed by atoms with Crippen molar-refractivity contribution in [1.82, 2.24) is 15.5 Å². The number of benzene rings is 1. The van der Waals surface area contributed by atoms with Crippen LogP contribution in [0.15, 0.2) is 30.3 Å². The fraction of sp³-hybridized carbons (Fsp3) is 0.438. The summed E-state index contributed by atoms with van der Waals surface area (Å²) in [5.74, 6) is 0.575. The molecule has 3 rings (SSSR count). The molecule has 2 N–H and O–H groups in total. The standard InChI is InChI=1S/C16H22N4.2ClH/c1-20(2)14-7-5-12(6-8-14)15-10-16(19-18-15)13-4-3-9-17-11-13;;/h5-8,10,13,17H,3-4,9,11H2,1-2H3,(H,18,19);2*1H/t13-;;/m0../s1. The smallest absolute Gasteiger partial charge is 0.0923 e. The van der Waals surface area contributed by atoms with E-state index in [-0.39, 0.29) is 24.8 Å². The third-order valence-electron chi connectivity index (χ3n) is 4.01. The number of hydrogen-bond acceptors (Lipinski definition) is 3. The summed E-state index contributed by atoms with van der Waals surface area (Å²) in [5, 5.41) is 11.1. The Morgan fingerprint density at radius 3 is 2.45 bits per heavy atom. The summed E-state index contributed by atoms with van der Waals surface area (Å²) in [6.07, 6.45) is 2.49. The van der Waals surface area contributed by atoms with Crippen LogP contribution < -0.4 is 10.2 Å². The number of nitrogens with zero attached hydrogens (tertiary/aromatic N) is 2. The van der Waals surface area contributed by atoms with E-state index in [9.17, 15) is 0 Å². The van der Waals surface area contributed by atoms with E-state index in [0.717, 1.165) is 18.8 Å². The van der Waals surface area contributed by atoms with Crippen molar-refractivity contribution in [3.63, 3.8) is 0 Å². The van der Waals surface area contributed by atoms with Crippen LogP contribution in [0, 0.1) is 0 Å². The molecule has 0 bridgehead atoms. The fourth-order valence-electron chi connectivity index (χ4n) is 2.74. The van der Waals surface area contributed by atoms with Gasteiger partial charge in [0.25, 0.3) is 0 Å². The molecule has 22 heavy (non-hydrogen) atoms. The maximum Gasteiger partial charge on any atom is 0.0923 e. The van der Waals surface area contributed by atoms with Gasteiger partial charge >= 0.3 is 0 Å². The Morgan fingerprint density at radius 2 is 1.86 bits per heavy atom. The first-order chi connectivity index (χ1) is 9.74. The maximum absolute atomic E-state index is 4.47. The van der Waals surface area contributed by atoms with Gasteiger partial charge < -0.3 is 10.2 Å². The van der Waals surface area contributed by atoms with Crippen LogP contribution in [-0.4, -0.2) is 37.4 Å². The number of rotatable bonds is 3. The van der Waals surface area contributed by atoms with Gasteiger partial charge in [0.05, 0.1) is 5.69 Å². The summed E-state index contributed by atoms with van der Waals surface area (Å²) in [5.41, 5.74) is 4.67. The molecule has 1 aliphatic heterocycles. The summed E-state index contributed by atoms with van der Waals surface area (Å²) in [4.78, 5) is 2.10. The van der Waals surface area contributed by atoms with Gasteiger partial charge in [0, 0.05) is 43.5 Å². The number of piperidine rings is 1. The van der Waals surface area contributed by atoms with Crippen LogP contribution in [0.2, 0.25) is 0 Å². The van der Waals surface area contributed by atoms with E-state index in [1.54, 1.807) is 0 Å². The second kappa shape index (κ2) is 8.42. The minimum absolute atomic E-state index is 0. The van der Waals surface area contributed by atoms with Crippen LogP contribution >= 0.6 is 24.8 Å². The predicted molar refractivity (Wildman–Crippen MR) is 97.7 cm³/mol. The molecule has 4 nitrogen and oxygen atoms in total. The number of aromatic nitrogens is 2.